The van der Waals surface area contributed by atoms with E-state index in [2.05, 4.69) is 4.72 Å². The molecule has 1 heterocycles. The van der Waals surface area contributed by atoms with Gasteiger partial charge in [-0.3, -0.25) is 0 Å². The first-order valence-electron chi connectivity index (χ1n) is 4.39. The van der Waals surface area contributed by atoms with Crippen LogP contribution >= 0.6 is 10.7 Å². The minimum Gasteiger partial charge on any atom is -0.378 e. The van der Waals surface area contributed by atoms with Crippen LogP contribution in [0.4, 0.5) is 0 Å². The van der Waals surface area contributed by atoms with Gasteiger partial charge in [0.15, 0.2) is 0 Å². The van der Waals surface area contributed by atoms with Crippen molar-refractivity contribution in [3.8, 4) is 0 Å². The van der Waals surface area contributed by atoms with Gasteiger partial charge in [0, 0.05) is 23.8 Å². The molecule has 0 radical (unpaired) electrons. The zero-order valence-corrected chi connectivity index (χ0v) is 8.90. The third-order valence-electron chi connectivity index (χ3n) is 2.01. The lowest BCUT2D eigenvalue weighted by Crippen LogP contribution is -2.26. The molecule has 0 aromatic carbocycles. The lowest BCUT2D eigenvalue weighted by molar-refractivity contribution is 0.0123. The van der Waals surface area contributed by atoms with Crippen LogP contribution in [0.5, 0.6) is 0 Å². The number of nitrogens with one attached hydrogen (secondary N) is 1. The summed E-state index contributed by atoms with van der Waals surface area (Å²) in [7, 11) is 1.41. The van der Waals surface area contributed by atoms with Gasteiger partial charge in [-0.05, 0) is 25.7 Å². The molecule has 1 saturated heterocycles. The van der Waals surface area contributed by atoms with Crippen molar-refractivity contribution >= 4 is 19.9 Å². The molecule has 0 aromatic heterocycles. The van der Waals surface area contributed by atoms with Crippen LogP contribution in [0, 0.1) is 0 Å². The average molecular weight is 228 g/mol. The summed E-state index contributed by atoms with van der Waals surface area (Å²) in [6.07, 6.45) is 4.19. The first-order valence-corrected chi connectivity index (χ1v) is 6.70. The van der Waals surface area contributed by atoms with Crippen molar-refractivity contribution in [2.45, 2.75) is 31.8 Å². The van der Waals surface area contributed by atoms with E-state index >= 15 is 0 Å². The molecule has 1 aliphatic heterocycles. The number of halogens is 1. The summed E-state index contributed by atoms with van der Waals surface area (Å²) in [6.45, 7) is 1.15. The third-order valence-corrected chi connectivity index (χ3v) is 2.89. The molecule has 1 atom stereocenters. The molecule has 0 aliphatic carbocycles. The van der Waals surface area contributed by atoms with Crippen molar-refractivity contribution in [2.24, 2.45) is 0 Å². The normalized spacial score (nSPS) is 24.5. The summed E-state index contributed by atoms with van der Waals surface area (Å²) in [5, 5.41) is 0. The van der Waals surface area contributed by atoms with Crippen LogP contribution in [0.25, 0.3) is 0 Å². The molecule has 1 rings (SSSR count). The number of hydrogen-bond acceptors (Lipinski definition) is 3. The minimum atomic E-state index is -3.56. The largest absolute Gasteiger partial charge is 0.378 e. The fraction of sp³-hybridized carbons (Fsp3) is 1.00. The van der Waals surface area contributed by atoms with Gasteiger partial charge in [0.05, 0.1) is 6.10 Å². The van der Waals surface area contributed by atoms with Gasteiger partial charge in [0.25, 0.3) is 9.24 Å². The van der Waals surface area contributed by atoms with Crippen LogP contribution in [-0.4, -0.2) is 27.7 Å². The van der Waals surface area contributed by atoms with Gasteiger partial charge in [-0.1, -0.05) is 0 Å². The Morgan fingerprint density at radius 3 is 2.77 bits per heavy atom. The second-order valence-electron chi connectivity index (χ2n) is 3.11. The minimum absolute atomic E-state index is 0.194. The Labute approximate surface area is 83.2 Å². The highest BCUT2D eigenvalue weighted by Crippen LogP contribution is 2.14. The van der Waals surface area contributed by atoms with Gasteiger partial charge in [-0.2, -0.15) is 8.42 Å². The van der Waals surface area contributed by atoms with Gasteiger partial charge in [0.1, 0.15) is 0 Å². The van der Waals surface area contributed by atoms with Crippen molar-refractivity contribution in [3.63, 3.8) is 0 Å². The summed E-state index contributed by atoms with van der Waals surface area (Å²) >= 11 is 0. The molecule has 0 amide bonds. The van der Waals surface area contributed by atoms with Crippen LogP contribution in [0.3, 0.4) is 0 Å². The molecular formula is C7H14ClNO3S. The Bertz CT molecular complexity index is 236. The van der Waals surface area contributed by atoms with Crippen molar-refractivity contribution in [2.75, 3.05) is 13.2 Å². The highest BCUT2D eigenvalue weighted by atomic mass is 35.7. The Morgan fingerprint density at radius 1 is 1.46 bits per heavy atom. The monoisotopic (exact) mass is 227 g/mol. The van der Waals surface area contributed by atoms with E-state index in [0.717, 1.165) is 25.9 Å². The van der Waals surface area contributed by atoms with Crippen LogP contribution in [0.2, 0.25) is 0 Å². The van der Waals surface area contributed by atoms with Crippen LogP contribution in [0.15, 0.2) is 0 Å². The number of hydrogen-bond donors (Lipinski definition) is 1. The van der Waals surface area contributed by atoms with Crippen molar-refractivity contribution in [3.05, 3.63) is 0 Å². The standard InChI is InChI=1S/C7H14ClNO3S/c8-13(10,11)9-5-4-7-3-1-2-6-12-7/h7,9H,1-6H2. The maximum absolute atomic E-state index is 10.5. The molecule has 0 aromatic rings. The van der Waals surface area contributed by atoms with Crippen molar-refractivity contribution < 1.29 is 13.2 Å². The summed E-state index contributed by atoms with van der Waals surface area (Å²) in [5.74, 6) is 0. The molecule has 1 N–H and O–H groups in total. The Balaban J connectivity index is 2.11. The quantitative estimate of drug-likeness (QED) is 0.730. The van der Waals surface area contributed by atoms with Gasteiger partial charge in [-0.15, -0.1) is 0 Å². The lowest BCUT2D eigenvalue weighted by atomic mass is 10.1. The second kappa shape index (κ2) is 5.14. The van der Waals surface area contributed by atoms with E-state index < -0.39 is 9.24 Å². The molecule has 0 bridgehead atoms. The van der Waals surface area contributed by atoms with E-state index in [1.165, 1.54) is 0 Å². The van der Waals surface area contributed by atoms with Crippen molar-refractivity contribution in [1.82, 2.24) is 4.72 Å². The molecule has 78 valence electrons. The molecule has 1 fully saturated rings. The molecule has 1 aliphatic rings. The maximum atomic E-state index is 10.5. The molecule has 6 heteroatoms. The van der Waals surface area contributed by atoms with E-state index in [-0.39, 0.29) is 6.10 Å². The topological polar surface area (TPSA) is 55.4 Å². The average Bonchev–Trinajstić information content (AvgIpc) is 2.04. The van der Waals surface area contributed by atoms with Crippen molar-refractivity contribution in [1.29, 1.82) is 0 Å². The summed E-state index contributed by atoms with van der Waals surface area (Å²) in [4.78, 5) is 0. The van der Waals surface area contributed by atoms with Gasteiger partial charge < -0.3 is 4.74 Å². The molecule has 4 nitrogen and oxygen atoms in total. The molecule has 0 spiro atoms. The first-order chi connectivity index (χ1) is 6.08. The smallest absolute Gasteiger partial charge is 0.297 e. The number of ether oxygens (including phenoxy) is 1. The fourth-order valence-corrected chi connectivity index (χ4v) is 1.97. The van der Waals surface area contributed by atoms with E-state index in [4.69, 9.17) is 15.4 Å². The first kappa shape index (κ1) is 11.2. The molecule has 0 saturated carbocycles. The zero-order valence-electron chi connectivity index (χ0n) is 7.33. The van der Waals surface area contributed by atoms with E-state index in [1.807, 2.05) is 0 Å². The lowest BCUT2D eigenvalue weighted by Gasteiger charge is -2.22. The van der Waals surface area contributed by atoms with Gasteiger partial charge in [0.2, 0.25) is 0 Å². The fourth-order valence-electron chi connectivity index (χ4n) is 1.38. The Morgan fingerprint density at radius 2 is 2.23 bits per heavy atom. The summed E-state index contributed by atoms with van der Waals surface area (Å²) < 4.78 is 28.6. The van der Waals surface area contributed by atoms with E-state index in [0.29, 0.717) is 13.0 Å². The summed E-state index contributed by atoms with van der Waals surface area (Å²) in [5.41, 5.74) is 0. The second-order valence-corrected chi connectivity index (χ2v) is 5.49. The number of rotatable bonds is 4. The summed E-state index contributed by atoms with van der Waals surface area (Å²) in [6, 6.07) is 0. The predicted molar refractivity (Wildman–Crippen MR) is 51.0 cm³/mol. The third kappa shape index (κ3) is 5.46. The van der Waals surface area contributed by atoms with E-state index in [9.17, 15) is 8.42 Å². The molecular weight excluding hydrogens is 214 g/mol. The zero-order chi connectivity index (χ0) is 9.73. The van der Waals surface area contributed by atoms with Crippen LogP contribution in [0.1, 0.15) is 25.7 Å². The molecule has 1 unspecified atom stereocenters. The van der Waals surface area contributed by atoms with Gasteiger partial charge in [-0.25, -0.2) is 4.72 Å². The molecule has 13 heavy (non-hydrogen) atoms. The maximum Gasteiger partial charge on any atom is 0.297 e. The van der Waals surface area contributed by atoms with Crippen LogP contribution < -0.4 is 4.72 Å². The highest BCUT2D eigenvalue weighted by molar-refractivity contribution is 8.12. The van der Waals surface area contributed by atoms with E-state index in [1.54, 1.807) is 0 Å². The predicted octanol–water partition coefficient (Wildman–Crippen LogP) is 1.02. The van der Waals surface area contributed by atoms with Crippen LogP contribution in [-0.2, 0) is 14.0 Å². The Hall–Kier alpha value is 0.160. The Kier molecular flexibility index (Phi) is 4.45. The highest BCUT2D eigenvalue weighted by Gasteiger charge is 2.14. The van der Waals surface area contributed by atoms with Gasteiger partial charge >= 0.3 is 0 Å². The SMILES string of the molecule is O=S(=O)(Cl)NCCC1CCCCO1.